The second kappa shape index (κ2) is 8.74. The minimum atomic E-state index is -0.109. The van der Waals surface area contributed by atoms with E-state index in [2.05, 4.69) is 36.5 Å². The van der Waals surface area contributed by atoms with E-state index in [0.29, 0.717) is 17.9 Å². The smallest absolute Gasteiger partial charge is 0.274 e. The van der Waals surface area contributed by atoms with E-state index in [1.165, 1.54) is 0 Å². The zero-order valence-corrected chi connectivity index (χ0v) is 18.5. The molecule has 3 heterocycles. The number of nitrogens with zero attached hydrogens (tertiary/aromatic N) is 1. The Morgan fingerprint density at radius 2 is 2.03 bits per heavy atom. The average molecular weight is 406 g/mol. The van der Waals surface area contributed by atoms with Gasteiger partial charge in [0.05, 0.1) is 5.69 Å². The Labute approximate surface area is 178 Å². The summed E-state index contributed by atoms with van der Waals surface area (Å²) in [5.74, 6) is 0.145. The zero-order chi connectivity index (χ0) is 22.0. The van der Waals surface area contributed by atoms with Crippen LogP contribution in [0.25, 0.3) is 12.2 Å². The molecule has 2 unspecified atom stereocenters. The van der Waals surface area contributed by atoms with Gasteiger partial charge in [-0.15, -0.1) is 0 Å². The molecule has 0 spiro atoms. The van der Waals surface area contributed by atoms with E-state index in [4.69, 9.17) is 0 Å². The molecule has 2 N–H and O–H groups in total. The second-order valence-corrected chi connectivity index (χ2v) is 7.54. The molecule has 2 aromatic rings. The fraction of sp³-hybridized carbons (Fsp3) is 0.360. The van der Waals surface area contributed by atoms with E-state index in [1.54, 1.807) is 17.1 Å². The van der Waals surface area contributed by atoms with Crippen LogP contribution in [-0.2, 0) is 6.42 Å². The van der Waals surface area contributed by atoms with Gasteiger partial charge in [-0.2, -0.15) is 0 Å². The molecular formula is C25H31N3O2. The van der Waals surface area contributed by atoms with Gasteiger partial charge < -0.3 is 14.9 Å². The Hall–Kier alpha value is -3.08. The van der Waals surface area contributed by atoms with Gasteiger partial charge in [0.2, 0.25) is 5.78 Å². The van der Waals surface area contributed by atoms with Crippen LogP contribution in [0.4, 0.5) is 0 Å². The quantitative estimate of drug-likeness (QED) is 0.699. The van der Waals surface area contributed by atoms with E-state index >= 15 is 0 Å². The molecule has 30 heavy (non-hydrogen) atoms. The summed E-state index contributed by atoms with van der Waals surface area (Å²) >= 11 is 0. The third-order valence-corrected chi connectivity index (χ3v) is 5.72. The monoisotopic (exact) mass is 405 g/mol. The molecule has 1 aliphatic carbocycles. The van der Waals surface area contributed by atoms with Crippen LogP contribution < -0.4 is 0 Å². The number of amides is 1. The fourth-order valence-electron chi connectivity index (χ4n) is 4.40. The maximum Gasteiger partial charge on any atom is 0.274 e. The lowest BCUT2D eigenvalue weighted by molar-refractivity contribution is 0.0814. The summed E-state index contributed by atoms with van der Waals surface area (Å²) in [5, 5.41) is 0. The molecule has 0 bridgehead atoms. The van der Waals surface area contributed by atoms with Crippen molar-refractivity contribution in [3.63, 3.8) is 0 Å². The van der Waals surface area contributed by atoms with Gasteiger partial charge in [-0.3, -0.25) is 9.59 Å². The highest BCUT2D eigenvalue weighted by Gasteiger charge is 2.43. The lowest BCUT2D eigenvalue weighted by atomic mass is 9.83. The number of aromatic amines is 2. The minimum absolute atomic E-state index is 0.0549. The Morgan fingerprint density at radius 1 is 1.30 bits per heavy atom. The number of aromatic nitrogens is 2. The maximum atomic E-state index is 13.3. The van der Waals surface area contributed by atoms with E-state index in [-0.39, 0.29) is 23.5 Å². The van der Waals surface area contributed by atoms with Gasteiger partial charge >= 0.3 is 0 Å². The lowest BCUT2D eigenvalue weighted by Gasteiger charge is -2.23. The standard InChI is InChI=1S/C23H25N3O2.C2H6/c1-5-8-14-9-18(25-17(14)7-3)23(28)26-12-13(4)21-16-10-15(6-2)24-22(16)20(27)11-19(21)26;1-2/h5,7-11,13,21,24-25H,3,6,12H2,1-2,4H3;1-2H3/b8-5-;. The number of carbonyl (C=O) groups excluding carboxylic acids is 2. The van der Waals surface area contributed by atoms with E-state index in [0.717, 1.165) is 34.6 Å². The van der Waals surface area contributed by atoms with Gasteiger partial charge in [-0.1, -0.05) is 46.4 Å². The summed E-state index contributed by atoms with van der Waals surface area (Å²) in [6.07, 6.45) is 8.07. The second-order valence-electron chi connectivity index (χ2n) is 7.54. The van der Waals surface area contributed by atoms with Crippen molar-refractivity contribution in [1.29, 1.82) is 0 Å². The molecule has 1 fully saturated rings. The van der Waals surface area contributed by atoms with Crippen molar-refractivity contribution in [3.05, 3.63) is 70.5 Å². The number of ketones is 1. The molecule has 158 valence electrons. The first-order valence-electron chi connectivity index (χ1n) is 10.8. The number of likely N-dealkylation sites (tertiary alicyclic amines) is 1. The van der Waals surface area contributed by atoms with Crippen LogP contribution in [0.2, 0.25) is 0 Å². The van der Waals surface area contributed by atoms with Crippen molar-refractivity contribution < 1.29 is 9.59 Å². The van der Waals surface area contributed by atoms with Crippen LogP contribution in [0.15, 0.2) is 36.6 Å². The Morgan fingerprint density at radius 3 is 2.67 bits per heavy atom. The number of nitrogens with one attached hydrogen (secondary N) is 2. The summed E-state index contributed by atoms with van der Waals surface area (Å²) in [5.41, 5.74) is 5.82. The third kappa shape index (κ3) is 3.49. The highest BCUT2D eigenvalue weighted by Crippen LogP contribution is 2.45. The van der Waals surface area contributed by atoms with Gasteiger partial charge in [-0.25, -0.2) is 0 Å². The number of allylic oxidation sites excluding steroid dienone is 3. The molecule has 1 saturated heterocycles. The van der Waals surface area contributed by atoms with E-state index in [1.807, 2.05) is 39.0 Å². The number of hydrogen-bond acceptors (Lipinski definition) is 2. The Balaban J connectivity index is 0.00000124. The van der Waals surface area contributed by atoms with Gasteiger partial charge in [-0.05, 0) is 48.6 Å². The lowest BCUT2D eigenvalue weighted by Crippen LogP contribution is -2.29. The number of H-pyrrole nitrogens is 2. The first-order valence-corrected chi connectivity index (χ1v) is 10.8. The predicted octanol–water partition coefficient (Wildman–Crippen LogP) is 5.56. The molecule has 1 aliphatic heterocycles. The zero-order valence-electron chi connectivity index (χ0n) is 18.5. The van der Waals surface area contributed by atoms with E-state index in [9.17, 15) is 9.59 Å². The van der Waals surface area contributed by atoms with Crippen molar-refractivity contribution >= 4 is 23.8 Å². The van der Waals surface area contributed by atoms with Crippen LogP contribution in [0.5, 0.6) is 0 Å². The Bertz CT molecular complexity index is 1030. The SMILES string of the molecule is C=Cc1[nH]c(C(=O)N2CC(C)C3C2=CC(=O)c2[nH]c(CC)cc23)cc1/C=C\C.CC. The molecule has 5 heteroatoms. The molecule has 2 aliphatic rings. The van der Waals surface area contributed by atoms with Crippen LogP contribution in [0, 0.1) is 5.92 Å². The van der Waals surface area contributed by atoms with Gasteiger partial charge in [0.25, 0.3) is 5.91 Å². The number of aryl methyl sites for hydroxylation is 1. The predicted molar refractivity (Wildman–Crippen MR) is 122 cm³/mol. The van der Waals surface area contributed by atoms with Crippen molar-refractivity contribution in [2.75, 3.05) is 6.54 Å². The molecule has 5 nitrogen and oxygen atoms in total. The largest absolute Gasteiger partial charge is 0.355 e. The summed E-state index contributed by atoms with van der Waals surface area (Å²) in [4.78, 5) is 34.1. The van der Waals surface area contributed by atoms with Crippen molar-refractivity contribution in [2.45, 2.75) is 47.0 Å². The fourth-order valence-corrected chi connectivity index (χ4v) is 4.40. The minimum Gasteiger partial charge on any atom is -0.355 e. The summed E-state index contributed by atoms with van der Waals surface area (Å²) in [7, 11) is 0. The molecule has 1 amide bonds. The molecule has 0 aromatic carbocycles. The first-order chi connectivity index (χ1) is 14.5. The highest BCUT2D eigenvalue weighted by atomic mass is 16.2. The van der Waals surface area contributed by atoms with E-state index < -0.39 is 0 Å². The summed E-state index contributed by atoms with van der Waals surface area (Å²) in [6, 6.07) is 3.93. The normalized spacial score (nSPS) is 19.8. The molecule has 0 radical (unpaired) electrons. The number of fused-ring (bicyclic) bond motifs is 3. The number of carbonyl (C=O) groups is 2. The molecule has 2 atom stereocenters. The average Bonchev–Trinajstić information content (AvgIpc) is 3.45. The first kappa shape index (κ1) is 21.6. The number of hydrogen-bond donors (Lipinski definition) is 2. The van der Waals surface area contributed by atoms with Gasteiger partial charge in [0.1, 0.15) is 5.69 Å². The van der Waals surface area contributed by atoms with Gasteiger partial charge in [0, 0.05) is 35.6 Å². The molecule has 4 rings (SSSR count). The van der Waals surface area contributed by atoms with Crippen LogP contribution in [-0.4, -0.2) is 33.1 Å². The van der Waals surface area contributed by atoms with Crippen molar-refractivity contribution in [2.24, 2.45) is 5.92 Å². The third-order valence-electron chi connectivity index (χ3n) is 5.72. The Kier molecular flexibility index (Phi) is 6.30. The van der Waals surface area contributed by atoms with Crippen LogP contribution in [0.1, 0.15) is 84.0 Å². The van der Waals surface area contributed by atoms with Gasteiger partial charge in [0.15, 0.2) is 0 Å². The van der Waals surface area contributed by atoms with Crippen LogP contribution >= 0.6 is 0 Å². The molecular weight excluding hydrogens is 374 g/mol. The molecule has 0 saturated carbocycles. The summed E-state index contributed by atoms with van der Waals surface area (Å²) < 4.78 is 0. The topological polar surface area (TPSA) is 69.0 Å². The maximum absolute atomic E-state index is 13.3. The van der Waals surface area contributed by atoms with Crippen molar-refractivity contribution in [3.8, 4) is 0 Å². The molecule has 2 aromatic heterocycles. The highest BCUT2D eigenvalue weighted by molar-refractivity contribution is 6.07. The summed E-state index contributed by atoms with van der Waals surface area (Å²) in [6.45, 7) is 14.5. The number of rotatable bonds is 4. The van der Waals surface area contributed by atoms with Crippen LogP contribution in [0.3, 0.4) is 0 Å². The van der Waals surface area contributed by atoms with Crippen molar-refractivity contribution in [1.82, 2.24) is 14.9 Å².